The molecule has 0 aliphatic heterocycles. The molecule has 23 heavy (non-hydrogen) atoms. The lowest BCUT2D eigenvalue weighted by molar-refractivity contribution is 0.197. The fourth-order valence-corrected chi connectivity index (χ4v) is 1.75. The molecule has 0 fully saturated rings. The maximum absolute atomic E-state index is 5.66. The van der Waals surface area contributed by atoms with E-state index >= 15 is 0 Å². The van der Waals surface area contributed by atoms with E-state index in [9.17, 15) is 0 Å². The van der Waals surface area contributed by atoms with E-state index in [0.29, 0.717) is 13.2 Å². The Morgan fingerprint density at radius 1 is 1.04 bits per heavy atom. The van der Waals surface area contributed by atoms with Crippen LogP contribution in [0.5, 0.6) is 11.5 Å². The van der Waals surface area contributed by atoms with Gasteiger partial charge in [0, 0.05) is 26.8 Å². The Kier molecular flexibility index (Phi) is 13.6. The number of halogens is 1. The summed E-state index contributed by atoms with van der Waals surface area (Å²) in [7, 11) is 3.34. The van der Waals surface area contributed by atoms with Gasteiger partial charge in [0.1, 0.15) is 18.1 Å². The van der Waals surface area contributed by atoms with Crippen molar-refractivity contribution in [3.63, 3.8) is 0 Å². The maximum atomic E-state index is 5.66. The molecule has 6 nitrogen and oxygen atoms in total. The second kappa shape index (κ2) is 14.4. The van der Waals surface area contributed by atoms with E-state index < -0.39 is 0 Å². The van der Waals surface area contributed by atoms with Crippen LogP contribution < -0.4 is 20.1 Å². The Morgan fingerprint density at radius 3 is 2.35 bits per heavy atom. The molecule has 0 spiro atoms. The van der Waals surface area contributed by atoms with Crippen molar-refractivity contribution in [1.29, 1.82) is 0 Å². The number of guanidine groups is 1. The molecule has 0 aliphatic rings. The van der Waals surface area contributed by atoms with Crippen LogP contribution in [0.2, 0.25) is 0 Å². The van der Waals surface area contributed by atoms with Crippen molar-refractivity contribution < 1.29 is 14.2 Å². The summed E-state index contributed by atoms with van der Waals surface area (Å²) in [5.74, 6) is 2.45. The molecule has 2 N–H and O–H groups in total. The molecule has 0 aliphatic carbocycles. The predicted octanol–water partition coefficient (Wildman–Crippen LogP) is 2.28. The second-order valence-corrected chi connectivity index (χ2v) is 4.56. The van der Waals surface area contributed by atoms with Crippen LogP contribution >= 0.6 is 24.0 Å². The summed E-state index contributed by atoms with van der Waals surface area (Å²) < 4.78 is 15.8. The molecule has 1 rings (SSSR count). The average molecular weight is 437 g/mol. The van der Waals surface area contributed by atoms with Gasteiger partial charge >= 0.3 is 0 Å². The molecule has 0 saturated heterocycles. The minimum Gasteiger partial charge on any atom is -0.497 e. The maximum Gasteiger partial charge on any atom is 0.191 e. The van der Waals surface area contributed by atoms with Crippen LogP contribution in [-0.4, -0.2) is 53.0 Å². The fourth-order valence-electron chi connectivity index (χ4n) is 1.75. The first-order chi connectivity index (χ1) is 10.8. The predicted molar refractivity (Wildman–Crippen MR) is 104 cm³/mol. The van der Waals surface area contributed by atoms with Crippen LogP contribution in [0.3, 0.4) is 0 Å². The highest BCUT2D eigenvalue weighted by Gasteiger charge is 1.98. The number of ether oxygens (including phenoxy) is 3. The molecule has 0 radical (unpaired) electrons. The van der Waals surface area contributed by atoms with Crippen LogP contribution in [0.1, 0.15) is 13.3 Å². The number of benzene rings is 1. The van der Waals surface area contributed by atoms with E-state index in [-0.39, 0.29) is 24.0 Å². The van der Waals surface area contributed by atoms with Crippen LogP contribution in [0.25, 0.3) is 0 Å². The minimum absolute atomic E-state index is 0. The summed E-state index contributed by atoms with van der Waals surface area (Å²) in [4.78, 5) is 4.46. The summed E-state index contributed by atoms with van der Waals surface area (Å²) in [6.07, 6.45) is 0.912. The molecule has 0 aromatic heterocycles. The van der Waals surface area contributed by atoms with Crippen molar-refractivity contribution in [2.75, 3.05) is 47.1 Å². The van der Waals surface area contributed by atoms with Gasteiger partial charge in [0.2, 0.25) is 0 Å². The van der Waals surface area contributed by atoms with Crippen LogP contribution in [0.4, 0.5) is 0 Å². The van der Waals surface area contributed by atoms with Gasteiger partial charge in [-0.15, -0.1) is 24.0 Å². The lowest BCUT2D eigenvalue weighted by Gasteiger charge is -2.12. The van der Waals surface area contributed by atoms with Gasteiger partial charge < -0.3 is 24.8 Å². The van der Waals surface area contributed by atoms with Gasteiger partial charge in [0.15, 0.2) is 5.96 Å². The van der Waals surface area contributed by atoms with E-state index in [4.69, 9.17) is 14.2 Å². The monoisotopic (exact) mass is 437 g/mol. The molecule has 132 valence electrons. The van der Waals surface area contributed by atoms with Gasteiger partial charge in [-0.3, -0.25) is 4.99 Å². The third kappa shape index (κ3) is 10.2. The topological polar surface area (TPSA) is 64.1 Å². The van der Waals surface area contributed by atoms with Gasteiger partial charge in [0.05, 0.1) is 13.7 Å². The fraction of sp³-hybridized carbons (Fsp3) is 0.562. The molecular formula is C16H28IN3O3. The van der Waals surface area contributed by atoms with Gasteiger partial charge in [0.25, 0.3) is 0 Å². The molecule has 1 aromatic carbocycles. The lowest BCUT2D eigenvalue weighted by Crippen LogP contribution is -2.39. The Balaban J connectivity index is 0.00000484. The largest absolute Gasteiger partial charge is 0.497 e. The van der Waals surface area contributed by atoms with Gasteiger partial charge in [-0.1, -0.05) is 0 Å². The number of hydrogen-bond acceptors (Lipinski definition) is 4. The highest BCUT2D eigenvalue weighted by Crippen LogP contribution is 2.16. The molecule has 0 atom stereocenters. The zero-order valence-electron chi connectivity index (χ0n) is 14.1. The molecule has 0 bridgehead atoms. The third-order valence-corrected chi connectivity index (χ3v) is 2.84. The molecule has 0 amide bonds. The smallest absolute Gasteiger partial charge is 0.191 e. The number of nitrogens with one attached hydrogen (secondary N) is 2. The molecule has 7 heteroatoms. The van der Waals surface area contributed by atoms with E-state index in [0.717, 1.165) is 43.6 Å². The Morgan fingerprint density at radius 2 is 1.74 bits per heavy atom. The van der Waals surface area contributed by atoms with Crippen LogP contribution in [-0.2, 0) is 4.74 Å². The Hall–Kier alpha value is -1.22. The SMILES string of the molecule is CCNC(=NCCCOC)NCCOc1ccc(OC)cc1.I. The van der Waals surface area contributed by atoms with Crippen LogP contribution in [0.15, 0.2) is 29.3 Å². The quantitative estimate of drug-likeness (QED) is 0.255. The molecule has 1 aromatic rings. The van der Waals surface area contributed by atoms with E-state index in [2.05, 4.69) is 15.6 Å². The second-order valence-electron chi connectivity index (χ2n) is 4.56. The summed E-state index contributed by atoms with van der Waals surface area (Å²) in [5.41, 5.74) is 0. The first-order valence-corrected chi connectivity index (χ1v) is 7.58. The van der Waals surface area contributed by atoms with Crippen molar-refractivity contribution in [3.05, 3.63) is 24.3 Å². The molecule has 0 unspecified atom stereocenters. The number of methoxy groups -OCH3 is 2. The summed E-state index contributed by atoms with van der Waals surface area (Å²) in [6, 6.07) is 7.54. The van der Waals surface area contributed by atoms with Crippen molar-refractivity contribution >= 4 is 29.9 Å². The summed E-state index contributed by atoms with van der Waals surface area (Å²) >= 11 is 0. The van der Waals surface area contributed by atoms with E-state index in [1.165, 1.54) is 0 Å². The normalized spacial score (nSPS) is 10.7. The molecule has 0 heterocycles. The third-order valence-electron chi connectivity index (χ3n) is 2.84. The Labute approximate surface area is 156 Å². The van der Waals surface area contributed by atoms with Crippen molar-refractivity contribution in [2.24, 2.45) is 4.99 Å². The first kappa shape index (κ1) is 21.8. The van der Waals surface area contributed by atoms with Crippen molar-refractivity contribution in [3.8, 4) is 11.5 Å². The van der Waals surface area contributed by atoms with Gasteiger partial charge in [-0.2, -0.15) is 0 Å². The minimum atomic E-state index is 0. The summed E-state index contributed by atoms with van der Waals surface area (Å²) in [5, 5.41) is 6.44. The number of hydrogen-bond donors (Lipinski definition) is 2. The number of nitrogens with zero attached hydrogens (tertiary/aromatic N) is 1. The average Bonchev–Trinajstić information content (AvgIpc) is 2.56. The molecule has 0 saturated carbocycles. The highest BCUT2D eigenvalue weighted by molar-refractivity contribution is 14.0. The zero-order valence-corrected chi connectivity index (χ0v) is 16.5. The van der Waals surface area contributed by atoms with Gasteiger partial charge in [-0.05, 0) is 37.6 Å². The first-order valence-electron chi connectivity index (χ1n) is 7.58. The Bertz CT molecular complexity index is 427. The highest BCUT2D eigenvalue weighted by atomic mass is 127. The summed E-state index contributed by atoms with van der Waals surface area (Å²) in [6.45, 7) is 5.58. The van der Waals surface area contributed by atoms with Crippen molar-refractivity contribution in [2.45, 2.75) is 13.3 Å². The lowest BCUT2D eigenvalue weighted by atomic mass is 10.3. The van der Waals surface area contributed by atoms with Crippen molar-refractivity contribution in [1.82, 2.24) is 10.6 Å². The number of aliphatic imine (C=N–C) groups is 1. The van der Waals surface area contributed by atoms with E-state index in [1.807, 2.05) is 31.2 Å². The van der Waals surface area contributed by atoms with Gasteiger partial charge in [-0.25, -0.2) is 0 Å². The standard InChI is InChI=1S/C16H27N3O3.HI/c1-4-17-16(18-10-5-12-20-2)19-11-13-22-15-8-6-14(21-3)7-9-15;/h6-9H,4-5,10-13H2,1-3H3,(H2,17,18,19);1H. The van der Waals surface area contributed by atoms with E-state index in [1.54, 1.807) is 14.2 Å². The van der Waals surface area contributed by atoms with Crippen LogP contribution in [0, 0.1) is 0 Å². The number of rotatable bonds is 10. The zero-order chi connectivity index (χ0) is 16.0. The molecular weight excluding hydrogens is 409 g/mol.